The van der Waals surface area contributed by atoms with E-state index in [1.54, 1.807) is 0 Å². The number of rotatable bonds is 5. The van der Waals surface area contributed by atoms with Crippen LogP contribution >= 0.6 is 94.1 Å². The maximum atomic E-state index is 6.15. The summed E-state index contributed by atoms with van der Waals surface area (Å²) < 4.78 is 14.7. The maximum Gasteiger partial charge on any atom is 0.125 e. The molecule has 0 aromatic heterocycles. The highest BCUT2D eigenvalue weighted by atomic mass is 32.3. The van der Waals surface area contributed by atoms with Crippen molar-refractivity contribution in [3.8, 4) is 5.75 Å². The van der Waals surface area contributed by atoms with E-state index in [4.69, 9.17) is 4.74 Å². The molecule has 4 bridgehead atoms. The molecule has 38 heavy (non-hydrogen) atoms. The summed E-state index contributed by atoms with van der Waals surface area (Å²) in [7, 11) is 1.84. The molecular formula is C29H30OS8. The second kappa shape index (κ2) is 13.8. The Morgan fingerprint density at radius 1 is 0.579 bits per heavy atom. The first-order valence-electron chi connectivity index (χ1n) is 12.1. The Balaban J connectivity index is 1.60. The van der Waals surface area contributed by atoms with Crippen molar-refractivity contribution in [3.63, 3.8) is 0 Å². The number of para-hydroxylation sites is 1. The molecule has 3 aliphatic rings. The van der Waals surface area contributed by atoms with Crippen LogP contribution < -0.4 is 4.74 Å². The monoisotopic (exact) mass is 650 g/mol. The van der Waals surface area contributed by atoms with Gasteiger partial charge in [0.15, 0.2) is 0 Å². The molecular weight excluding hydrogens is 621 g/mol. The van der Waals surface area contributed by atoms with Gasteiger partial charge in [-0.05, 0) is 84.1 Å². The number of hydrogen-bond donors (Lipinski definition) is 0. The Morgan fingerprint density at radius 2 is 0.974 bits per heavy atom. The van der Waals surface area contributed by atoms with Gasteiger partial charge in [-0.15, -0.1) is 47.0 Å². The third-order valence-electron chi connectivity index (χ3n) is 6.41. The molecule has 0 fully saturated rings. The lowest BCUT2D eigenvalue weighted by Crippen LogP contribution is -2.06. The van der Waals surface area contributed by atoms with E-state index in [-0.39, 0.29) is 0 Å². The topological polar surface area (TPSA) is 9.23 Å². The van der Waals surface area contributed by atoms with Crippen molar-refractivity contribution in [2.24, 2.45) is 0 Å². The van der Waals surface area contributed by atoms with Crippen molar-refractivity contribution in [1.82, 2.24) is 0 Å². The molecule has 2 aromatic carbocycles. The summed E-state index contributed by atoms with van der Waals surface area (Å²) >= 11 is 15.3. The smallest absolute Gasteiger partial charge is 0.125 e. The highest BCUT2D eigenvalue weighted by molar-refractivity contribution is 8.41. The van der Waals surface area contributed by atoms with Gasteiger partial charge >= 0.3 is 0 Å². The molecule has 0 atom stereocenters. The second-order valence-corrected chi connectivity index (χ2v) is 17.7. The Hall–Kier alpha value is -0.000000000000000222. The van der Waals surface area contributed by atoms with E-state index in [2.05, 4.69) is 67.5 Å². The summed E-state index contributed by atoms with van der Waals surface area (Å²) in [5.74, 6) is 1.06. The lowest BCUT2D eigenvalue weighted by molar-refractivity contribution is 0.406. The minimum absolute atomic E-state index is 0.907. The van der Waals surface area contributed by atoms with Crippen LogP contribution in [-0.2, 0) is 25.7 Å². The Kier molecular flexibility index (Phi) is 10.7. The Morgan fingerprint density at radius 3 is 1.34 bits per heavy atom. The zero-order valence-corrected chi connectivity index (χ0v) is 28.6. The molecule has 0 saturated carbocycles. The number of methoxy groups -OCH3 is 1. The molecule has 0 radical (unpaired) electrons. The first-order chi connectivity index (χ1) is 18.6. The van der Waals surface area contributed by atoms with Gasteiger partial charge in [-0.25, -0.2) is 0 Å². The summed E-state index contributed by atoms with van der Waals surface area (Å²) in [5, 5.41) is 0. The number of hydrogen-bond acceptors (Lipinski definition) is 9. The third-order valence-corrected chi connectivity index (χ3v) is 17.2. The van der Waals surface area contributed by atoms with Crippen LogP contribution in [0.5, 0.6) is 5.75 Å². The van der Waals surface area contributed by atoms with E-state index in [1.807, 2.05) is 101 Å². The number of fused-ring (bicyclic) bond motifs is 4. The van der Waals surface area contributed by atoms with Gasteiger partial charge in [0.25, 0.3) is 0 Å². The van der Waals surface area contributed by atoms with E-state index in [9.17, 15) is 0 Å². The van der Waals surface area contributed by atoms with Gasteiger partial charge in [-0.2, -0.15) is 0 Å². The fraction of sp³-hybridized carbons (Fsp3) is 0.310. The summed E-state index contributed by atoms with van der Waals surface area (Å²) in [6.07, 6.45) is 12.5. The van der Waals surface area contributed by atoms with Crippen molar-refractivity contribution in [3.05, 3.63) is 101 Å². The van der Waals surface area contributed by atoms with Gasteiger partial charge in [0, 0.05) is 0 Å². The van der Waals surface area contributed by atoms with Crippen molar-refractivity contribution in [2.75, 3.05) is 32.1 Å². The number of benzene rings is 2. The zero-order valence-electron chi connectivity index (χ0n) is 22.0. The Bertz CT molecular complexity index is 1220. The fourth-order valence-electron chi connectivity index (χ4n) is 4.73. The first kappa shape index (κ1) is 29.5. The quantitative estimate of drug-likeness (QED) is 0.310. The van der Waals surface area contributed by atoms with Crippen LogP contribution in [0.4, 0.5) is 0 Å². The third kappa shape index (κ3) is 6.56. The van der Waals surface area contributed by atoms with E-state index in [0.717, 1.165) is 31.4 Å². The van der Waals surface area contributed by atoms with Gasteiger partial charge in [0.05, 0.1) is 32.5 Å². The average Bonchev–Trinajstić information content (AvgIpc) is 3.56. The fourth-order valence-corrected chi connectivity index (χ4v) is 14.9. The lowest BCUT2D eigenvalue weighted by atomic mass is 9.91. The van der Waals surface area contributed by atoms with Crippen LogP contribution in [0.3, 0.4) is 0 Å². The average molecular weight is 651 g/mol. The van der Waals surface area contributed by atoms with E-state index in [0.29, 0.717) is 0 Å². The van der Waals surface area contributed by atoms with Gasteiger partial charge in [0.1, 0.15) is 5.75 Å². The van der Waals surface area contributed by atoms with Crippen molar-refractivity contribution < 1.29 is 4.74 Å². The molecule has 2 aromatic rings. The molecule has 2 heterocycles. The molecule has 0 spiro atoms. The van der Waals surface area contributed by atoms with Crippen LogP contribution in [0.15, 0.2) is 79.0 Å². The van der Waals surface area contributed by atoms with E-state index >= 15 is 0 Å². The molecule has 200 valence electrons. The summed E-state index contributed by atoms with van der Waals surface area (Å²) in [6.45, 7) is 0. The maximum absolute atomic E-state index is 6.15. The van der Waals surface area contributed by atoms with Crippen LogP contribution in [0.2, 0.25) is 0 Å². The predicted molar refractivity (Wildman–Crippen MR) is 187 cm³/mol. The highest BCUT2D eigenvalue weighted by Gasteiger charge is 2.27. The van der Waals surface area contributed by atoms with Crippen molar-refractivity contribution in [1.29, 1.82) is 0 Å². The minimum atomic E-state index is 0.907. The van der Waals surface area contributed by atoms with Gasteiger partial charge in [-0.1, -0.05) is 89.5 Å². The van der Waals surface area contributed by atoms with Crippen molar-refractivity contribution >= 4 is 94.1 Å². The van der Waals surface area contributed by atoms with Gasteiger partial charge in [0.2, 0.25) is 0 Å². The lowest BCUT2D eigenvalue weighted by Gasteiger charge is -2.20. The molecule has 5 rings (SSSR count). The number of thioether (sulfide) groups is 8. The van der Waals surface area contributed by atoms with E-state index < -0.39 is 0 Å². The number of ether oxygens (including phenoxy) is 1. The van der Waals surface area contributed by atoms with Crippen LogP contribution in [0.25, 0.3) is 0 Å². The van der Waals surface area contributed by atoms with Crippen molar-refractivity contribution in [2.45, 2.75) is 25.7 Å². The van der Waals surface area contributed by atoms with Crippen LogP contribution in [0.1, 0.15) is 22.3 Å². The normalized spacial score (nSPS) is 18.3. The van der Waals surface area contributed by atoms with Crippen LogP contribution in [-0.4, -0.2) is 32.1 Å². The standard InChI is InChI=1S/C29H30OS8/c1-30-23-19-10-7-11-20(23)16-22(25-37-28(33-4)29(34-5)38-25)14-18-9-6-8-17(12-18)13-21(15-19)24-35-26(31-2)27(32-3)36-24/h6-12H,13-16H2,1-5H3. The largest absolute Gasteiger partial charge is 0.496 e. The Labute approximate surface area is 261 Å². The zero-order chi connectivity index (χ0) is 26.6. The molecule has 0 saturated heterocycles. The molecule has 1 nitrogen and oxygen atoms in total. The molecule has 0 amide bonds. The van der Waals surface area contributed by atoms with Gasteiger partial charge in [-0.3, -0.25) is 0 Å². The van der Waals surface area contributed by atoms with E-state index in [1.165, 1.54) is 58.8 Å². The molecule has 0 N–H and O–H groups in total. The second-order valence-electron chi connectivity index (χ2n) is 8.79. The molecule has 1 aliphatic carbocycles. The summed E-state index contributed by atoms with van der Waals surface area (Å²) in [5.41, 5.74) is 8.35. The molecule has 9 heteroatoms. The van der Waals surface area contributed by atoms with Gasteiger partial charge < -0.3 is 4.74 Å². The highest BCUT2D eigenvalue weighted by Crippen LogP contribution is 2.59. The first-order valence-corrected chi connectivity index (χ1v) is 20.3. The number of allylic oxidation sites excluding steroid dienone is 2. The van der Waals surface area contributed by atoms with Crippen LogP contribution in [0, 0.1) is 0 Å². The predicted octanol–water partition coefficient (Wildman–Crippen LogP) is 10.7. The summed E-state index contributed by atoms with van der Waals surface area (Å²) in [4.78, 5) is 0. The molecule has 2 aliphatic heterocycles. The SMILES string of the molecule is COc1c2cccc1CC(=C1SC(SC)=C(SC)S1)Cc1cccc(c1)CC(=C1SC(SC)=C(SC)S1)C2. The summed E-state index contributed by atoms with van der Waals surface area (Å²) in [6, 6.07) is 16.1. The minimum Gasteiger partial charge on any atom is -0.496 e. The molecule has 0 unspecified atom stereocenters.